The summed E-state index contributed by atoms with van der Waals surface area (Å²) >= 11 is 1.96. The Bertz CT molecular complexity index is 130. The molecule has 1 unspecified atom stereocenters. The minimum atomic E-state index is 0.812. The Kier molecular flexibility index (Phi) is 5.83. The summed E-state index contributed by atoms with van der Waals surface area (Å²) in [6.45, 7) is 3.78. The highest BCUT2D eigenvalue weighted by atomic mass is 32.2. The normalized spacial score (nSPS) is 24.0. The van der Waals surface area contributed by atoms with Crippen LogP contribution in [0.4, 0.5) is 0 Å². The van der Waals surface area contributed by atoms with Gasteiger partial charge in [0.15, 0.2) is 0 Å². The molecule has 1 aliphatic rings. The molecular formula is C10H22N2S. The SMILES string of the molecule is CNCC1CCCN1CCCSC. The minimum absolute atomic E-state index is 0.812. The van der Waals surface area contributed by atoms with Gasteiger partial charge in [0.05, 0.1) is 0 Å². The van der Waals surface area contributed by atoms with Gasteiger partial charge in [-0.25, -0.2) is 0 Å². The van der Waals surface area contributed by atoms with Gasteiger partial charge in [-0.05, 0) is 51.4 Å². The Morgan fingerprint density at radius 1 is 1.54 bits per heavy atom. The van der Waals surface area contributed by atoms with E-state index >= 15 is 0 Å². The van der Waals surface area contributed by atoms with Gasteiger partial charge >= 0.3 is 0 Å². The van der Waals surface area contributed by atoms with Gasteiger partial charge in [-0.3, -0.25) is 4.90 Å². The lowest BCUT2D eigenvalue weighted by atomic mass is 10.2. The Morgan fingerprint density at radius 3 is 3.08 bits per heavy atom. The van der Waals surface area contributed by atoms with Crippen LogP contribution in [0.15, 0.2) is 0 Å². The fourth-order valence-electron chi connectivity index (χ4n) is 2.07. The van der Waals surface area contributed by atoms with Gasteiger partial charge in [0.1, 0.15) is 0 Å². The zero-order chi connectivity index (χ0) is 9.52. The van der Waals surface area contributed by atoms with Gasteiger partial charge in [-0.15, -0.1) is 0 Å². The molecule has 3 heteroatoms. The van der Waals surface area contributed by atoms with Crippen LogP contribution in [-0.2, 0) is 0 Å². The van der Waals surface area contributed by atoms with Crippen molar-refractivity contribution in [2.24, 2.45) is 0 Å². The third kappa shape index (κ3) is 3.88. The maximum Gasteiger partial charge on any atom is 0.0221 e. The van der Waals surface area contributed by atoms with E-state index in [4.69, 9.17) is 0 Å². The van der Waals surface area contributed by atoms with E-state index in [-0.39, 0.29) is 0 Å². The first-order chi connectivity index (χ1) is 6.38. The standard InChI is InChI=1S/C10H22N2S/c1-11-9-10-5-3-6-12(10)7-4-8-13-2/h10-11H,3-9H2,1-2H3. The quantitative estimate of drug-likeness (QED) is 0.656. The average Bonchev–Trinajstić information content (AvgIpc) is 2.54. The van der Waals surface area contributed by atoms with Gasteiger partial charge in [-0.1, -0.05) is 0 Å². The number of nitrogens with zero attached hydrogens (tertiary/aromatic N) is 1. The summed E-state index contributed by atoms with van der Waals surface area (Å²) in [4.78, 5) is 2.65. The van der Waals surface area contributed by atoms with Gasteiger partial charge in [0, 0.05) is 12.6 Å². The lowest BCUT2D eigenvalue weighted by molar-refractivity contribution is 0.252. The fourth-order valence-corrected chi connectivity index (χ4v) is 2.49. The largest absolute Gasteiger partial charge is 0.318 e. The Balaban J connectivity index is 2.15. The van der Waals surface area contributed by atoms with E-state index in [0.29, 0.717) is 0 Å². The van der Waals surface area contributed by atoms with Crippen LogP contribution in [0.1, 0.15) is 19.3 Å². The van der Waals surface area contributed by atoms with E-state index in [9.17, 15) is 0 Å². The second kappa shape index (κ2) is 6.68. The molecule has 0 bridgehead atoms. The number of hydrogen-bond donors (Lipinski definition) is 1. The van der Waals surface area contributed by atoms with Crippen LogP contribution >= 0.6 is 11.8 Å². The number of likely N-dealkylation sites (N-methyl/N-ethyl adjacent to an activating group) is 1. The van der Waals surface area contributed by atoms with Crippen molar-refractivity contribution in [2.75, 3.05) is 38.7 Å². The molecule has 1 N–H and O–H groups in total. The lowest BCUT2D eigenvalue weighted by Crippen LogP contribution is -2.37. The zero-order valence-electron chi connectivity index (χ0n) is 8.88. The second-order valence-electron chi connectivity index (χ2n) is 3.74. The molecule has 2 nitrogen and oxygen atoms in total. The van der Waals surface area contributed by atoms with E-state index in [1.165, 1.54) is 44.6 Å². The van der Waals surface area contributed by atoms with Crippen molar-refractivity contribution >= 4 is 11.8 Å². The van der Waals surface area contributed by atoms with Crippen molar-refractivity contribution in [3.63, 3.8) is 0 Å². The number of nitrogens with one attached hydrogen (secondary N) is 1. The molecule has 0 aromatic rings. The summed E-state index contributed by atoms with van der Waals surface area (Å²) in [5, 5.41) is 3.28. The molecule has 0 aliphatic carbocycles. The summed E-state index contributed by atoms with van der Waals surface area (Å²) in [7, 11) is 2.05. The van der Waals surface area contributed by atoms with E-state index < -0.39 is 0 Å². The molecule has 0 saturated carbocycles. The molecule has 78 valence electrons. The van der Waals surface area contributed by atoms with Crippen molar-refractivity contribution in [3.05, 3.63) is 0 Å². The molecule has 1 heterocycles. The first-order valence-electron chi connectivity index (χ1n) is 5.26. The van der Waals surface area contributed by atoms with Crippen LogP contribution in [0.2, 0.25) is 0 Å². The molecule has 0 radical (unpaired) electrons. The summed E-state index contributed by atoms with van der Waals surface area (Å²) in [5.74, 6) is 1.31. The molecule has 0 amide bonds. The highest BCUT2D eigenvalue weighted by molar-refractivity contribution is 7.98. The maximum absolute atomic E-state index is 3.28. The number of thioether (sulfide) groups is 1. The van der Waals surface area contributed by atoms with Crippen LogP contribution in [0.3, 0.4) is 0 Å². The first kappa shape index (κ1) is 11.3. The van der Waals surface area contributed by atoms with Gasteiger partial charge in [0.2, 0.25) is 0 Å². The van der Waals surface area contributed by atoms with Crippen molar-refractivity contribution in [1.82, 2.24) is 10.2 Å². The predicted molar refractivity (Wildman–Crippen MR) is 61.5 cm³/mol. The number of hydrogen-bond acceptors (Lipinski definition) is 3. The third-order valence-corrected chi connectivity index (χ3v) is 3.43. The predicted octanol–water partition coefficient (Wildman–Crippen LogP) is 1.42. The van der Waals surface area contributed by atoms with E-state index in [0.717, 1.165) is 6.04 Å². The van der Waals surface area contributed by atoms with Crippen molar-refractivity contribution in [2.45, 2.75) is 25.3 Å². The maximum atomic E-state index is 3.28. The minimum Gasteiger partial charge on any atom is -0.318 e. The zero-order valence-corrected chi connectivity index (χ0v) is 9.70. The summed E-state index contributed by atoms with van der Waals surface area (Å²) in [5.41, 5.74) is 0. The molecule has 1 saturated heterocycles. The molecule has 1 aliphatic heterocycles. The van der Waals surface area contributed by atoms with E-state index in [1.54, 1.807) is 0 Å². The van der Waals surface area contributed by atoms with Crippen LogP contribution in [0.25, 0.3) is 0 Å². The van der Waals surface area contributed by atoms with Crippen molar-refractivity contribution < 1.29 is 0 Å². The van der Waals surface area contributed by atoms with Crippen molar-refractivity contribution in [3.8, 4) is 0 Å². The smallest absolute Gasteiger partial charge is 0.0221 e. The Hall–Kier alpha value is 0.270. The molecule has 13 heavy (non-hydrogen) atoms. The average molecular weight is 202 g/mol. The molecule has 0 aromatic heterocycles. The van der Waals surface area contributed by atoms with E-state index in [2.05, 4.69) is 23.5 Å². The highest BCUT2D eigenvalue weighted by Gasteiger charge is 2.22. The van der Waals surface area contributed by atoms with Gasteiger partial charge < -0.3 is 5.32 Å². The molecular weight excluding hydrogens is 180 g/mol. The molecule has 1 rings (SSSR count). The van der Waals surface area contributed by atoms with Crippen LogP contribution in [0.5, 0.6) is 0 Å². The fraction of sp³-hybridized carbons (Fsp3) is 1.00. The summed E-state index contributed by atoms with van der Waals surface area (Å²) in [6.07, 6.45) is 6.32. The lowest BCUT2D eigenvalue weighted by Gasteiger charge is -2.23. The monoisotopic (exact) mass is 202 g/mol. The highest BCUT2D eigenvalue weighted by Crippen LogP contribution is 2.16. The topological polar surface area (TPSA) is 15.3 Å². The summed E-state index contributed by atoms with van der Waals surface area (Å²) in [6, 6.07) is 0.812. The van der Waals surface area contributed by atoms with Gasteiger partial charge in [-0.2, -0.15) is 11.8 Å². The van der Waals surface area contributed by atoms with Crippen LogP contribution in [-0.4, -0.2) is 49.6 Å². The number of likely N-dealkylation sites (tertiary alicyclic amines) is 1. The molecule has 1 fully saturated rings. The van der Waals surface area contributed by atoms with Crippen LogP contribution in [0, 0.1) is 0 Å². The Morgan fingerprint density at radius 2 is 2.38 bits per heavy atom. The van der Waals surface area contributed by atoms with Crippen LogP contribution < -0.4 is 5.32 Å². The van der Waals surface area contributed by atoms with Gasteiger partial charge in [0.25, 0.3) is 0 Å². The Labute approximate surface area is 86.5 Å². The van der Waals surface area contributed by atoms with E-state index in [1.807, 2.05) is 11.8 Å². The molecule has 0 aromatic carbocycles. The first-order valence-corrected chi connectivity index (χ1v) is 6.65. The second-order valence-corrected chi connectivity index (χ2v) is 4.72. The molecule has 0 spiro atoms. The number of rotatable bonds is 6. The third-order valence-electron chi connectivity index (χ3n) is 2.73. The van der Waals surface area contributed by atoms with Crippen molar-refractivity contribution in [1.29, 1.82) is 0 Å². The summed E-state index contributed by atoms with van der Waals surface area (Å²) < 4.78 is 0. The molecule has 1 atom stereocenters.